The zero-order chi connectivity index (χ0) is 14.3. The van der Waals surface area contributed by atoms with E-state index in [1.807, 2.05) is 25.1 Å². The molecule has 5 heteroatoms. The third kappa shape index (κ3) is 2.35. The zero-order valence-corrected chi connectivity index (χ0v) is 12.1. The van der Waals surface area contributed by atoms with Crippen LogP contribution in [0.25, 0.3) is 10.9 Å². The van der Waals surface area contributed by atoms with Crippen molar-refractivity contribution in [2.45, 2.75) is 25.5 Å². The van der Waals surface area contributed by atoms with Crippen LogP contribution in [0.2, 0.25) is 5.02 Å². The normalized spacial score (nSPS) is 20.6. The zero-order valence-electron chi connectivity index (χ0n) is 11.4. The molecule has 0 spiro atoms. The minimum atomic E-state index is -0.292. The molecule has 3 rings (SSSR count). The maximum atomic E-state index is 9.73. The van der Waals surface area contributed by atoms with Gasteiger partial charge >= 0.3 is 0 Å². The highest BCUT2D eigenvalue weighted by Crippen LogP contribution is 2.32. The fourth-order valence-corrected chi connectivity index (χ4v) is 2.92. The van der Waals surface area contributed by atoms with Gasteiger partial charge in [0, 0.05) is 30.1 Å². The minimum Gasteiger partial charge on any atom is -0.391 e. The summed E-state index contributed by atoms with van der Waals surface area (Å²) in [4.78, 5) is 6.80. The SMILES string of the molecule is C[C@H](N)c1cc2cccc(Cl)c2nc1N1CC[C@H](O)C1. The van der Waals surface area contributed by atoms with Crippen molar-refractivity contribution in [2.24, 2.45) is 5.73 Å². The molecule has 3 N–H and O–H groups in total. The standard InChI is InChI=1S/C15H18ClN3O/c1-9(17)12-7-10-3-2-4-13(16)14(10)18-15(12)19-6-5-11(20)8-19/h2-4,7,9,11,20H,5-6,8,17H2,1H3/t9-,11-/m0/s1. The molecule has 0 unspecified atom stereocenters. The van der Waals surface area contributed by atoms with Crippen molar-refractivity contribution in [3.8, 4) is 0 Å². The minimum absolute atomic E-state index is 0.112. The van der Waals surface area contributed by atoms with Gasteiger partial charge in [-0.2, -0.15) is 0 Å². The fourth-order valence-electron chi connectivity index (χ4n) is 2.69. The second kappa shape index (κ2) is 5.20. The van der Waals surface area contributed by atoms with E-state index in [4.69, 9.17) is 22.3 Å². The van der Waals surface area contributed by atoms with Crippen LogP contribution in [0.3, 0.4) is 0 Å². The maximum absolute atomic E-state index is 9.73. The van der Waals surface area contributed by atoms with Crippen LogP contribution < -0.4 is 10.6 Å². The van der Waals surface area contributed by atoms with Crippen LogP contribution in [0.4, 0.5) is 5.82 Å². The van der Waals surface area contributed by atoms with Gasteiger partial charge in [-0.15, -0.1) is 0 Å². The van der Waals surface area contributed by atoms with E-state index in [0.29, 0.717) is 11.6 Å². The summed E-state index contributed by atoms with van der Waals surface area (Å²) < 4.78 is 0. The number of para-hydroxylation sites is 1. The highest BCUT2D eigenvalue weighted by Gasteiger charge is 2.25. The summed E-state index contributed by atoms with van der Waals surface area (Å²) in [6, 6.07) is 7.68. The van der Waals surface area contributed by atoms with Crippen molar-refractivity contribution in [1.82, 2.24) is 4.98 Å². The topological polar surface area (TPSA) is 62.4 Å². The van der Waals surface area contributed by atoms with Crippen molar-refractivity contribution >= 4 is 28.3 Å². The van der Waals surface area contributed by atoms with Gasteiger partial charge in [0.15, 0.2) is 0 Å². The Kier molecular flexibility index (Phi) is 3.54. The van der Waals surface area contributed by atoms with Gasteiger partial charge in [-0.25, -0.2) is 4.98 Å². The Labute approximate surface area is 123 Å². The summed E-state index contributed by atoms with van der Waals surface area (Å²) in [5.74, 6) is 0.845. The van der Waals surface area contributed by atoms with Crippen LogP contribution in [0, 0.1) is 0 Å². The number of fused-ring (bicyclic) bond motifs is 1. The molecule has 1 aromatic carbocycles. The summed E-state index contributed by atoms with van der Waals surface area (Å²) in [7, 11) is 0. The number of aliphatic hydroxyl groups excluding tert-OH is 1. The number of benzene rings is 1. The van der Waals surface area contributed by atoms with Gasteiger partial charge in [-0.1, -0.05) is 23.7 Å². The molecule has 2 heterocycles. The number of halogens is 1. The predicted molar refractivity (Wildman–Crippen MR) is 82.2 cm³/mol. The number of hydrogen-bond donors (Lipinski definition) is 2. The molecule has 1 aliphatic heterocycles. The monoisotopic (exact) mass is 291 g/mol. The van der Waals surface area contributed by atoms with Gasteiger partial charge in [0.2, 0.25) is 0 Å². The van der Waals surface area contributed by atoms with Crippen molar-refractivity contribution in [1.29, 1.82) is 0 Å². The van der Waals surface area contributed by atoms with Crippen LogP contribution in [0.1, 0.15) is 24.9 Å². The van der Waals surface area contributed by atoms with E-state index in [2.05, 4.69) is 11.0 Å². The van der Waals surface area contributed by atoms with Crippen molar-refractivity contribution < 1.29 is 5.11 Å². The first-order valence-electron chi connectivity index (χ1n) is 6.84. The van der Waals surface area contributed by atoms with Gasteiger partial charge in [0.05, 0.1) is 16.6 Å². The molecule has 1 saturated heterocycles. The summed E-state index contributed by atoms with van der Waals surface area (Å²) in [6.45, 7) is 3.34. The lowest BCUT2D eigenvalue weighted by atomic mass is 10.1. The highest BCUT2D eigenvalue weighted by atomic mass is 35.5. The van der Waals surface area contributed by atoms with Gasteiger partial charge < -0.3 is 15.7 Å². The summed E-state index contributed by atoms with van der Waals surface area (Å²) in [5.41, 5.74) is 7.87. The number of aromatic nitrogens is 1. The number of aliphatic hydroxyl groups is 1. The van der Waals surface area contributed by atoms with E-state index in [1.54, 1.807) is 0 Å². The molecule has 20 heavy (non-hydrogen) atoms. The number of β-amino-alcohol motifs (C(OH)–C–C–N with tert-alkyl or cyclic N) is 1. The molecular weight excluding hydrogens is 274 g/mol. The van der Waals surface area contributed by atoms with E-state index in [-0.39, 0.29) is 12.1 Å². The second-order valence-corrected chi connectivity index (χ2v) is 5.80. The van der Waals surface area contributed by atoms with Crippen molar-refractivity contribution in [2.75, 3.05) is 18.0 Å². The fraction of sp³-hybridized carbons (Fsp3) is 0.400. The largest absolute Gasteiger partial charge is 0.391 e. The second-order valence-electron chi connectivity index (χ2n) is 5.39. The average Bonchev–Trinajstić information content (AvgIpc) is 2.84. The molecule has 1 aliphatic rings. The number of nitrogens with zero attached hydrogens (tertiary/aromatic N) is 2. The molecule has 0 bridgehead atoms. The van der Waals surface area contributed by atoms with Crippen LogP contribution in [0.15, 0.2) is 24.3 Å². The lowest BCUT2D eigenvalue weighted by Gasteiger charge is -2.22. The molecule has 0 saturated carbocycles. The Hall–Kier alpha value is -1.36. The van der Waals surface area contributed by atoms with E-state index in [1.165, 1.54) is 0 Å². The lowest BCUT2D eigenvalue weighted by Crippen LogP contribution is -2.25. The molecule has 4 nitrogen and oxygen atoms in total. The van der Waals surface area contributed by atoms with Crippen molar-refractivity contribution in [3.05, 3.63) is 34.9 Å². The maximum Gasteiger partial charge on any atom is 0.134 e. The molecule has 1 aromatic heterocycles. The van der Waals surface area contributed by atoms with Gasteiger partial charge in [0.1, 0.15) is 5.82 Å². The first-order valence-corrected chi connectivity index (χ1v) is 7.22. The lowest BCUT2D eigenvalue weighted by molar-refractivity contribution is 0.198. The molecule has 2 atom stereocenters. The number of anilines is 1. The van der Waals surface area contributed by atoms with Crippen LogP contribution >= 0.6 is 11.6 Å². The smallest absolute Gasteiger partial charge is 0.134 e. The molecule has 0 radical (unpaired) electrons. The summed E-state index contributed by atoms with van der Waals surface area (Å²) in [6.07, 6.45) is 0.473. The quantitative estimate of drug-likeness (QED) is 0.892. The molecule has 2 aromatic rings. The molecular formula is C15H18ClN3O. The number of rotatable bonds is 2. The van der Waals surface area contributed by atoms with Crippen molar-refractivity contribution in [3.63, 3.8) is 0 Å². The van der Waals surface area contributed by atoms with Gasteiger partial charge in [-0.3, -0.25) is 0 Å². The number of nitrogens with two attached hydrogens (primary N) is 1. The Bertz CT molecular complexity index is 644. The predicted octanol–water partition coefficient (Wildman–Crippen LogP) is 2.48. The van der Waals surface area contributed by atoms with Crippen LogP contribution in [0.5, 0.6) is 0 Å². The highest BCUT2D eigenvalue weighted by molar-refractivity contribution is 6.35. The van der Waals surface area contributed by atoms with E-state index in [9.17, 15) is 5.11 Å². The molecule has 106 valence electrons. The van der Waals surface area contributed by atoms with E-state index in [0.717, 1.165) is 35.2 Å². The Morgan fingerprint density at radius 1 is 1.50 bits per heavy atom. The van der Waals surface area contributed by atoms with Gasteiger partial charge in [-0.05, 0) is 25.5 Å². The van der Waals surface area contributed by atoms with Crippen LogP contribution in [-0.4, -0.2) is 29.3 Å². The van der Waals surface area contributed by atoms with E-state index < -0.39 is 0 Å². The molecule has 0 amide bonds. The Morgan fingerprint density at radius 3 is 2.95 bits per heavy atom. The van der Waals surface area contributed by atoms with Crippen LogP contribution in [-0.2, 0) is 0 Å². The summed E-state index contributed by atoms with van der Waals surface area (Å²) in [5, 5.41) is 11.4. The average molecular weight is 292 g/mol. The van der Waals surface area contributed by atoms with Gasteiger partial charge in [0.25, 0.3) is 0 Å². The third-order valence-electron chi connectivity index (χ3n) is 3.76. The molecule has 0 aliphatic carbocycles. The number of pyridine rings is 1. The Balaban J connectivity index is 2.17. The third-order valence-corrected chi connectivity index (χ3v) is 4.06. The van der Waals surface area contributed by atoms with E-state index >= 15 is 0 Å². The number of hydrogen-bond acceptors (Lipinski definition) is 4. The summed E-state index contributed by atoms with van der Waals surface area (Å²) >= 11 is 6.23. The first kappa shape index (κ1) is 13.6. The molecule has 1 fully saturated rings. The first-order chi connectivity index (χ1) is 9.56. The Morgan fingerprint density at radius 2 is 2.30 bits per heavy atom.